The smallest absolute Gasteiger partial charge is 0.326 e. The van der Waals surface area contributed by atoms with Crippen LogP contribution in [0.3, 0.4) is 0 Å². The van der Waals surface area contributed by atoms with Gasteiger partial charge in [-0.3, -0.25) is 9.59 Å². The number of nitrogens with one attached hydrogen (secondary N) is 1. The molecule has 0 bridgehead atoms. The van der Waals surface area contributed by atoms with Crippen LogP contribution in [0.4, 0.5) is 4.79 Å². The van der Waals surface area contributed by atoms with Gasteiger partial charge >= 0.3 is 12.0 Å². The molecule has 0 rings (SSSR count). The summed E-state index contributed by atoms with van der Waals surface area (Å²) in [5.41, 5.74) is 9.78. The third-order valence-corrected chi connectivity index (χ3v) is 2.02. The molecule has 0 aromatic carbocycles. The summed E-state index contributed by atoms with van der Waals surface area (Å²) < 4.78 is 0. The molecule has 0 heterocycles. The minimum atomic E-state index is -1.43. The Balaban J connectivity index is 4.60. The summed E-state index contributed by atoms with van der Waals surface area (Å²) in [6, 6.07) is -2.23. The fourth-order valence-corrected chi connectivity index (χ4v) is 1.16. The summed E-state index contributed by atoms with van der Waals surface area (Å²) in [6.45, 7) is 1.41. The molecular weight excluding hydrogens is 244 g/mol. The second kappa shape index (κ2) is 7.09. The maximum absolute atomic E-state index is 11.6. The van der Waals surface area contributed by atoms with Gasteiger partial charge in [-0.15, -0.1) is 0 Å². The van der Waals surface area contributed by atoms with Crippen molar-refractivity contribution in [2.45, 2.75) is 19.4 Å². The lowest BCUT2D eigenvalue weighted by Gasteiger charge is -2.22. The molecule has 9 heteroatoms. The van der Waals surface area contributed by atoms with Crippen LogP contribution in [0.5, 0.6) is 0 Å². The van der Waals surface area contributed by atoms with Gasteiger partial charge in [-0.1, -0.05) is 0 Å². The van der Waals surface area contributed by atoms with Gasteiger partial charge in [-0.25, -0.2) is 9.59 Å². The number of amides is 4. The fraction of sp³-hybridized carbons (Fsp3) is 0.556. The Bertz CT molecular complexity index is 357. The normalized spacial score (nSPS) is 11.4. The monoisotopic (exact) mass is 260 g/mol. The zero-order chi connectivity index (χ0) is 14.3. The van der Waals surface area contributed by atoms with Crippen LogP contribution in [-0.4, -0.2) is 53.0 Å². The number of likely N-dealkylation sites (N-methyl/N-ethyl adjacent to an activating group) is 1. The van der Waals surface area contributed by atoms with Crippen molar-refractivity contribution in [1.29, 1.82) is 0 Å². The number of carboxylic acid groups (broad SMARTS) is 1. The molecule has 0 aliphatic rings. The van der Waals surface area contributed by atoms with Crippen molar-refractivity contribution >= 4 is 23.8 Å². The molecule has 6 N–H and O–H groups in total. The van der Waals surface area contributed by atoms with E-state index >= 15 is 0 Å². The molecule has 0 aromatic rings. The Morgan fingerprint density at radius 2 is 1.78 bits per heavy atom. The molecule has 0 unspecified atom stereocenters. The Kier molecular flexibility index (Phi) is 6.18. The van der Waals surface area contributed by atoms with E-state index in [1.807, 2.05) is 0 Å². The summed E-state index contributed by atoms with van der Waals surface area (Å²) >= 11 is 0. The maximum Gasteiger partial charge on any atom is 0.326 e. The number of carboxylic acids is 1. The number of carbonyl (C=O) groups excluding carboxylic acids is 3. The van der Waals surface area contributed by atoms with E-state index in [-0.39, 0.29) is 13.1 Å². The first-order valence-corrected chi connectivity index (χ1v) is 5.12. The number of aliphatic carboxylic acids is 1. The minimum Gasteiger partial charge on any atom is -0.480 e. The standard InChI is InChI=1S/C9H16N4O5/c1-2-13(4-7(11)15)9(18)12-5(8(16)17)3-6(10)14/h5H,2-4H2,1H3,(H2,10,14)(H2,11,15)(H,12,18)(H,16,17)/t5-/m1/s1. The van der Waals surface area contributed by atoms with Crippen molar-refractivity contribution in [3.05, 3.63) is 0 Å². The lowest BCUT2D eigenvalue weighted by atomic mass is 10.2. The zero-order valence-electron chi connectivity index (χ0n) is 9.88. The van der Waals surface area contributed by atoms with Crippen LogP contribution in [0.25, 0.3) is 0 Å². The van der Waals surface area contributed by atoms with Crippen LogP contribution in [0.15, 0.2) is 0 Å². The van der Waals surface area contributed by atoms with Gasteiger partial charge in [-0.05, 0) is 6.92 Å². The summed E-state index contributed by atoms with van der Waals surface area (Å²) in [5, 5.41) is 10.9. The largest absolute Gasteiger partial charge is 0.480 e. The van der Waals surface area contributed by atoms with Gasteiger partial charge in [-0.2, -0.15) is 0 Å². The Labute approximate surface area is 103 Å². The van der Waals surface area contributed by atoms with Gasteiger partial charge in [0.15, 0.2) is 0 Å². The Hall–Kier alpha value is -2.32. The molecule has 4 amide bonds. The highest BCUT2D eigenvalue weighted by Gasteiger charge is 2.24. The van der Waals surface area contributed by atoms with E-state index in [9.17, 15) is 19.2 Å². The molecule has 0 aliphatic heterocycles. The molecule has 0 aromatic heterocycles. The second-order valence-corrected chi connectivity index (χ2v) is 3.49. The summed E-state index contributed by atoms with van der Waals surface area (Å²) in [4.78, 5) is 44.7. The second-order valence-electron chi connectivity index (χ2n) is 3.49. The lowest BCUT2D eigenvalue weighted by Crippen LogP contribution is -2.51. The fourth-order valence-electron chi connectivity index (χ4n) is 1.16. The molecule has 0 fully saturated rings. The van der Waals surface area contributed by atoms with Gasteiger partial charge in [0.1, 0.15) is 12.6 Å². The van der Waals surface area contributed by atoms with E-state index in [4.69, 9.17) is 16.6 Å². The SMILES string of the molecule is CCN(CC(N)=O)C(=O)N[C@H](CC(N)=O)C(=O)O. The molecule has 0 saturated heterocycles. The molecule has 0 radical (unpaired) electrons. The average molecular weight is 260 g/mol. The maximum atomic E-state index is 11.6. The van der Waals surface area contributed by atoms with E-state index in [1.54, 1.807) is 6.92 Å². The van der Waals surface area contributed by atoms with E-state index in [2.05, 4.69) is 5.32 Å². The first-order valence-electron chi connectivity index (χ1n) is 5.12. The first kappa shape index (κ1) is 15.7. The molecule has 9 nitrogen and oxygen atoms in total. The molecule has 0 spiro atoms. The number of urea groups is 1. The quantitative estimate of drug-likeness (QED) is 0.410. The van der Waals surface area contributed by atoms with Crippen LogP contribution < -0.4 is 16.8 Å². The van der Waals surface area contributed by atoms with Gasteiger partial charge in [0.2, 0.25) is 11.8 Å². The molecule has 1 atom stereocenters. The van der Waals surface area contributed by atoms with Gasteiger partial charge < -0.3 is 26.8 Å². The third-order valence-electron chi connectivity index (χ3n) is 2.02. The van der Waals surface area contributed by atoms with Crippen LogP contribution in [-0.2, 0) is 14.4 Å². The third kappa shape index (κ3) is 5.68. The van der Waals surface area contributed by atoms with Crippen molar-refractivity contribution in [2.24, 2.45) is 11.5 Å². The first-order chi connectivity index (χ1) is 8.27. The number of hydrogen-bond acceptors (Lipinski definition) is 4. The number of nitrogens with two attached hydrogens (primary N) is 2. The average Bonchev–Trinajstić information content (AvgIpc) is 2.23. The van der Waals surface area contributed by atoms with Gasteiger partial charge in [0.05, 0.1) is 6.42 Å². The number of nitrogens with zero attached hydrogens (tertiary/aromatic N) is 1. The lowest BCUT2D eigenvalue weighted by molar-refractivity contribution is -0.140. The predicted molar refractivity (Wildman–Crippen MR) is 60.2 cm³/mol. The molecule has 18 heavy (non-hydrogen) atoms. The summed E-state index contributed by atoms with van der Waals surface area (Å²) in [7, 11) is 0. The van der Waals surface area contributed by atoms with Crippen LogP contribution >= 0.6 is 0 Å². The predicted octanol–water partition coefficient (Wildman–Crippen LogP) is -2.17. The van der Waals surface area contributed by atoms with Crippen LogP contribution in [0.1, 0.15) is 13.3 Å². The van der Waals surface area contributed by atoms with E-state index < -0.39 is 36.3 Å². The summed E-state index contributed by atoms with van der Waals surface area (Å²) in [5.74, 6) is -2.98. The summed E-state index contributed by atoms with van der Waals surface area (Å²) in [6.07, 6.45) is -0.533. The van der Waals surface area contributed by atoms with Crippen molar-refractivity contribution in [1.82, 2.24) is 10.2 Å². The highest BCUT2D eigenvalue weighted by molar-refractivity contribution is 5.89. The van der Waals surface area contributed by atoms with Gasteiger partial charge in [0, 0.05) is 6.54 Å². The van der Waals surface area contributed by atoms with E-state index in [0.29, 0.717) is 0 Å². The molecule has 0 saturated carbocycles. The topological polar surface area (TPSA) is 156 Å². The number of rotatable bonds is 7. The van der Waals surface area contributed by atoms with Crippen LogP contribution in [0, 0.1) is 0 Å². The van der Waals surface area contributed by atoms with Crippen molar-refractivity contribution in [3.63, 3.8) is 0 Å². The van der Waals surface area contributed by atoms with Crippen LogP contribution in [0.2, 0.25) is 0 Å². The number of carbonyl (C=O) groups is 4. The molecule has 102 valence electrons. The molecular formula is C9H16N4O5. The van der Waals surface area contributed by atoms with E-state index in [1.165, 1.54) is 0 Å². The number of primary amides is 2. The highest BCUT2D eigenvalue weighted by atomic mass is 16.4. The van der Waals surface area contributed by atoms with Crippen molar-refractivity contribution in [3.8, 4) is 0 Å². The van der Waals surface area contributed by atoms with Crippen molar-refractivity contribution in [2.75, 3.05) is 13.1 Å². The zero-order valence-corrected chi connectivity index (χ0v) is 9.88. The highest BCUT2D eigenvalue weighted by Crippen LogP contribution is 1.96. The molecule has 0 aliphatic carbocycles. The van der Waals surface area contributed by atoms with E-state index in [0.717, 1.165) is 4.90 Å². The Morgan fingerprint density at radius 1 is 1.22 bits per heavy atom. The minimum absolute atomic E-state index is 0.164. The number of hydrogen-bond donors (Lipinski definition) is 4. The van der Waals surface area contributed by atoms with Crippen molar-refractivity contribution < 1.29 is 24.3 Å². The Morgan fingerprint density at radius 3 is 2.11 bits per heavy atom. The van der Waals surface area contributed by atoms with Gasteiger partial charge in [0.25, 0.3) is 0 Å².